The van der Waals surface area contributed by atoms with Crippen LogP contribution in [0.15, 0.2) is 12.4 Å². The summed E-state index contributed by atoms with van der Waals surface area (Å²) in [4.78, 5) is 0. The van der Waals surface area contributed by atoms with Gasteiger partial charge < -0.3 is 10.1 Å². The Morgan fingerprint density at radius 2 is 2.60 bits per heavy atom. The number of hydrogen-bond acceptors (Lipinski definition) is 3. The number of ether oxygens (including phenoxy) is 1. The summed E-state index contributed by atoms with van der Waals surface area (Å²) in [6.45, 7) is 0.712. The van der Waals surface area contributed by atoms with E-state index in [9.17, 15) is 0 Å². The van der Waals surface area contributed by atoms with Crippen molar-refractivity contribution in [1.29, 1.82) is 0 Å². The second-order valence-electron chi connectivity index (χ2n) is 1.93. The Bertz CT molecular complexity index is 197. The maximum Gasteiger partial charge on any atom is 0.156 e. The van der Waals surface area contributed by atoms with Crippen LogP contribution >= 0.6 is 0 Å². The van der Waals surface area contributed by atoms with Gasteiger partial charge in [-0.1, -0.05) is 0 Å². The van der Waals surface area contributed by atoms with Crippen molar-refractivity contribution >= 4 is 0 Å². The van der Waals surface area contributed by atoms with Crippen LogP contribution in [-0.4, -0.2) is 23.9 Å². The highest BCUT2D eigenvalue weighted by Crippen LogP contribution is 2.04. The fraction of sp³-hybridized carbons (Fsp3) is 0.500. The molecule has 0 bridgehead atoms. The molecule has 0 saturated heterocycles. The summed E-state index contributed by atoms with van der Waals surface area (Å²) in [7, 11) is 3.49. The third-order valence-electron chi connectivity index (χ3n) is 1.17. The summed E-state index contributed by atoms with van der Waals surface area (Å²) in [6.07, 6.45) is 3.51. The van der Waals surface area contributed by atoms with Crippen LogP contribution < -0.4 is 10.1 Å². The molecular formula is C6H11N3O. The van der Waals surface area contributed by atoms with Gasteiger partial charge >= 0.3 is 0 Å². The van der Waals surface area contributed by atoms with E-state index >= 15 is 0 Å². The molecule has 1 aromatic heterocycles. The van der Waals surface area contributed by atoms with E-state index < -0.39 is 0 Å². The normalized spacial score (nSPS) is 9.80. The highest BCUT2D eigenvalue weighted by Gasteiger charge is 1.93. The lowest BCUT2D eigenvalue weighted by molar-refractivity contribution is 0.413. The van der Waals surface area contributed by atoms with Gasteiger partial charge in [0.25, 0.3) is 0 Å². The van der Waals surface area contributed by atoms with Crippen molar-refractivity contribution in [2.75, 3.05) is 14.2 Å². The number of nitrogens with zero attached hydrogens (tertiary/aromatic N) is 2. The Morgan fingerprint density at radius 1 is 1.80 bits per heavy atom. The van der Waals surface area contributed by atoms with Crippen molar-refractivity contribution in [1.82, 2.24) is 15.1 Å². The largest absolute Gasteiger partial charge is 0.493 e. The van der Waals surface area contributed by atoms with Crippen molar-refractivity contribution in [3.05, 3.63) is 12.4 Å². The molecule has 0 aliphatic heterocycles. The van der Waals surface area contributed by atoms with Gasteiger partial charge in [-0.2, -0.15) is 5.10 Å². The number of methoxy groups -OCH3 is 1. The average molecular weight is 141 g/mol. The smallest absolute Gasteiger partial charge is 0.156 e. The third kappa shape index (κ3) is 1.48. The van der Waals surface area contributed by atoms with Crippen LogP contribution in [-0.2, 0) is 6.67 Å². The van der Waals surface area contributed by atoms with Crippen LogP contribution in [0.1, 0.15) is 0 Å². The van der Waals surface area contributed by atoms with Gasteiger partial charge in [0, 0.05) is 0 Å². The summed E-state index contributed by atoms with van der Waals surface area (Å²) in [5.74, 6) is 0.787. The first-order valence-corrected chi connectivity index (χ1v) is 3.08. The van der Waals surface area contributed by atoms with Crippen LogP contribution in [0, 0.1) is 0 Å². The van der Waals surface area contributed by atoms with E-state index in [1.807, 2.05) is 13.2 Å². The van der Waals surface area contributed by atoms with Crippen LogP contribution in [0.3, 0.4) is 0 Å². The first-order valence-electron chi connectivity index (χ1n) is 3.08. The summed E-state index contributed by atoms with van der Waals surface area (Å²) in [5.41, 5.74) is 0. The van der Waals surface area contributed by atoms with Gasteiger partial charge in [-0.15, -0.1) is 0 Å². The molecule has 0 amide bonds. The third-order valence-corrected chi connectivity index (χ3v) is 1.17. The molecule has 4 nitrogen and oxygen atoms in total. The molecule has 0 spiro atoms. The van der Waals surface area contributed by atoms with Gasteiger partial charge in [-0.05, 0) is 7.05 Å². The molecule has 0 atom stereocenters. The zero-order valence-corrected chi connectivity index (χ0v) is 6.16. The average Bonchev–Trinajstić information content (AvgIpc) is 2.37. The van der Waals surface area contributed by atoms with Gasteiger partial charge in [-0.25, -0.2) is 0 Å². The van der Waals surface area contributed by atoms with E-state index in [0.717, 1.165) is 5.75 Å². The lowest BCUT2D eigenvalue weighted by atomic mass is 10.7. The minimum Gasteiger partial charge on any atom is -0.493 e. The van der Waals surface area contributed by atoms with Crippen LogP contribution in [0.4, 0.5) is 0 Å². The molecule has 1 rings (SSSR count). The Labute approximate surface area is 59.8 Å². The quantitative estimate of drug-likeness (QED) is 0.647. The van der Waals surface area contributed by atoms with E-state index in [1.54, 1.807) is 18.0 Å². The first kappa shape index (κ1) is 7.08. The molecule has 0 saturated carbocycles. The molecule has 10 heavy (non-hydrogen) atoms. The van der Waals surface area contributed by atoms with Crippen LogP contribution in [0.25, 0.3) is 0 Å². The predicted molar refractivity (Wildman–Crippen MR) is 37.8 cm³/mol. The maximum absolute atomic E-state index is 4.93. The van der Waals surface area contributed by atoms with Crippen molar-refractivity contribution in [3.63, 3.8) is 0 Å². The van der Waals surface area contributed by atoms with Crippen molar-refractivity contribution in [2.45, 2.75) is 6.67 Å². The SMILES string of the molecule is CNCn1cc(OC)cn1. The summed E-state index contributed by atoms with van der Waals surface area (Å²) < 4.78 is 6.69. The van der Waals surface area contributed by atoms with Crippen LogP contribution in [0.2, 0.25) is 0 Å². The van der Waals surface area contributed by atoms with E-state index in [4.69, 9.17) is 4.74 Å². The lowest BCUT2D eigenvalue weighted by Crippen LogP contribution is -2.12. The monoisotopic (exact) mass is 141 g/mol. The number of hydrogen-bond donors (Lipinski definition) is 1. The van der Waals surface area contributed by atoms with E-state index in [1.165, 1.54) is 0 Å². The minimum atomic E-state index is 0.712. The van der Waals surface area contributed by atoms with Crippen molar-refractivity contribution in [2.24, 2.45) is 0 Å². The second kappa shape index (κ2) is 3.22. The molecule has 0 radical (unpaired) electrons. The standard InChI is InChI=1S/C6H11N3O/c1-7-5-9-4-6(10-2)3-8-9/h3-4,7H,5H2,1-2H3. The van der Waals surface area contributed by atoms with E-state index in [2.05, 4.69) is 10.4 Å². The molecule has 1 aromatic rings. The molecular weight excluding hydrogens is 130 g/mol. The molecule has 0 aliphatic rings. The molecule has 0 fully saturated rings. The predicted octanol–water partition coefficient (Wildman–Crippen LogP) is 0.0686. The highest BCUT2D eigenvalue weighted by molar-refractivity contribution is 5.10. The zero-order chi connectivity index (χ0) is 7.40. The molecule has 0 unspecified atom stereocenters. The molecule has 0 aromatic carbocycles. The lowest BCUT2D eigenvalue weighted by Gasteiger charge is -1.96. The summed E-state index contributed by atoms with van der Waals surface area (Å²) in [5, 5.41) is 6.97. The molecule has 0 aliphatic carbocycles. The van der Waals surface area contributed by atoms with Gasteiger partial charge in [0.1, 0.15) is 0 Å². The fourth-order valence-electron chi connectivity index (χ4n) is 0.698. The molecule has 4 heteroatoms. The van der Waals surface area contributed by atoms with Crippen LogP contribution in [0.5, 0.6) is 5.75 Å². The van der Waals surface area contributed by atoms with E-state index in [-0.39, 0.29) is 0 Å². The van der Waals surface area contributed by atoms with Gasteiger partial charge in [0.15, 0.2) is 5.75 Å². The number of nitrogens with one attached hydrogen (secondary N) is 1. The van der Waals surface area contributed by atoms with Gasteiger partial charge in [0.2, 0.25) is 0 Å². The Morgan fingerprint density at radius 3 is 3.10 bits per heavy atom. The zero-order valence-electron chi connectivity index (χ0n) is 6.16. The summed E-state index contributed by atoms with van der Waals surface area (Å²) >= 11 is 0. The Hall–Kier alpha value is -1.03. The van der Waals surface area contributed by atoms with E-state index in [0.29, 0.717) is 6.67 Å². The van der Waals surface area contributed by atoms with Crippen molar-refractivity contribution in [3.8, 4) is 5.75 Å². The highest BCUT2D eigenvalue weighted by atomic mass is 16.5. The fourth-order valence-corrected chi connectivity index (χ4v) is 0.698. The Kier molecular flexibility index (Phi) is 2.28. The maximum atomic E-state index is 4.93. The molecule has 1 heterocycles. The van der Waals surface area contributed by atoms with Gasteiger partial charge in [0.05, 0.1) is 26.2 Å². The topological polar surface area (TPSA) is 39.1 Å². The van der Waals surface area contributed by atoms with Gasteiger partial charge in [-0.3, -0.25) is 4.68 Å². The number of rotatable bonds is 3. The summed E-state index contributed by atoms with van der Waals surface area (Å²) in [6, 6.07) is 0. The minimum absolute atomic E-state index is 0.712. The molecule has 1 N–H and O–H groups in total. The molecule has 56 valence electrons. The second-order valence-corrected chi connectivity index (χ2v) is 1.93. The number of aromatic nitrogens is 2. The first-order chi connectivity index (χ1) is 4.86. The van der Waals surface area contributed by atoms with Crippen molar-refractivity contribution < 1.29 is 4.74 Å². The Balaban J connectivity index is 2.59.